The first-order valence-electron chi connectivity index (χ1n) is 10.7. The molecule has 1 saturated heterocycles. The largest absolute Gasteiger partial charge is 0.342 e. The molecule has 0 N–H and O–H groups in total. The van der Waals surface area contributed by atoms with E-state index in [2.05, 4.69) is 17.0 Å². The van der Waals surface area contributed by atoms with Crippen molar-refractivity contribution >= 4 is 33.1 Å². The van der Waals surface area contributed by atoms with Crippen molar-refractivity contribution < 1.29 is 9.59 Å². The zero-order valence-corrected chi connectivity index (χ0v) is 18.1. The molecule has 1 aliphatic carbocycles. The van der Waals surface area contributed by atoms with E-state index >= 15 is 0 Å². The predicted octanol–water partition coefficient (Wildman–Crippen LogP) is 5.71. The Morgan fingerprint density at radius 1 is 1.07 bits per heavy atom. The Morgan fingerprint density at radius 2 is 1.79 bits per heavy atom. The summed E-state index contributed by atoms with van der Waals surface area (Å²) in [5.41, 5.74) is 0.496. The number of piperidine rings is 1. The number of thiophene rings is 1. The number of hydrogen-bond acceptors (Lipinski definition) is 3. The SMILES string of the molecule is CC(C)(C)C(=O)c1sc2ccccc2c1CC(=O)N1CC[C@H]2CCCC[C@@H]2C1. The summed E-state index contributed by atoms with van der Waals surface area (Å²) in [4.78, 5) is 29.2. The van der Waals surface area contributed by atoms with Gasteiger partial charge in [-0.2, -0.15) is 0 Å². The third-order valence-corrected chi connectivity index (χ3v) is 7.77. The topological polar surface area (TPSA) is 37.4 Å². The summed E-state index contributed by atoms with van der Waals surface area (Å²) in [6.07, 6.45) is 6.76. The molecule has 0 radical (unpaired) electrons. The van der Waals surface area contributed by atoms with E-state index in [0.29, 0.717) is 12.3 Å². The van der Waals surface area contributed by atoms with E-state index in [1.807, 2.05) is 32.9 Å². The lowest BCUT2D eigenvalue weighted by Gasteiger charge is -2.41. The molecule has 1 saturated carbocycles. The molecule has 2 aliphatic rings. The standard InChI is InChI=1S/C24H31NO2S/c1-24(2,3)23(27)22-19(18-10-6-7-11-20(18)28-22)14-21(26)25-13-12-16-8-4-5-9-17(16)15-25/h6-7,10-11,16-17H,4-5,8-9,12-15H2,1-3H3/t16-,17-/m1/s1. The number of carbonyl (C=O) groups excluding carboxylic acids is 2. The number of nitrogens with zero attached hydrogens (tertiary/aromatic N) is 1. The monoisotopic (exact) mass is 397 g/mol. The summed E-state index contributed by atoms with van der Waals surface area (Å²) in [5.74, 6) is 1.83. The third-order valence-electron chi connectivity index (χ3n) is 6.56. The van der Waals surface area contributed by atoms with Crippen LogP contribution >= 0.6 is 11.3 Å². The highest BCUT2D eigenvalue weighted by Crippen LogP contribution is 2.38. The molecule has 4 heteroatoms. The van der Waals surface area contributed by atoms with Crippen molar-refractivity contribution in [2.24, 2.45) is 17.3 Å². The lowest BCUT2D eigenvalue weighted by Crippen LogP contribution is -2.45. The van der Waals surface area contributed by atoms with Crippen molar-refractivity contribution in [3.63, 3.8) is 0 Å². The minimum absolute atomic E-state index is 0.141. The van der Waals surface area contributed by atoms with Crippen LogP contribution < -0.4 is 0 Å². The average molecular weight is 398 g/mol. The van der Waals surface area contributed by atoms with E-state index in [4.69, 9.17) is 0 Å². The Morgan fingerprint density at radius 3 is 2.54 bits per heavy atom. The molecule has 2 atom stereocenters. The maximum Gasteiger partial charge on any atom is 0.227 e. The first kappa shape index (κ1) is 19.6. The van der Waals surface area contributed by atoms with E-state index in [1.54, 1.807) is 11.3 Å². The number of amides is 1. The number of hydrogen-bond donors (Lipinski definition) is 0. The lowest BCUT2D eigenvalue weighted by molar-refractivity contribution is -0.133. The zero-order chi connectivity index (χ0) is 19.9. The third kappa shape index (κ3) is 3.76. The summed E-state index contributed by atoms with van der Waals surface area (Å²) in [6, 6.07) is 8.12. The number of likely N-dealkylation sites (tertiary alicyclic amines) is 1. The number of benzene rings is 1. The molecule has 0 bridgehead atoms. The molecule has 1 aliphatic heterocycles. The summed E-state index contributed by atoms with van der Waals surface area (Å²) in [7, 11) is 0. The lowest BCUT2D eigenvalue weighted by atomic mass is 9.75. The van der Waals surface area contributed by atoms with Gasteiger partial charge in [0.25, 0.3) is 0 Å². The highest BCUT2D eigenvalue weighted by molar-refractivity contribution is 7.21. The van der Waals surface area contributed by atoms with Gasteiger partial charge in [0.05, 0.1) is 11.3 Å². The number of carbonyl (C=O) groups is 2. The first-order valence-corrected chi connectivity index (χ1v) is 11.5. The van der Waals surface area contributed by atoms with Crippen LogP contribution in [0, 0.1) is 17.3 Å². The van der Waals surface area contributed by atoms with Crippen LogP contribution in [0.15, 0.2) is 24.3 Å². The van der Waals surface area contributed by atoms with Crippen molar-refractivity contribution in [2.75, 3.05) is 13.1 Å². The molecule has 1 aromatic carbocycles. The van der Waals surface area contributed by atoms with Gasteiger partial charge in [0.1, 0.15) is 0 Å². The van der Waals surface area contributed by atoms with Crippen molar-refractivity contribution in [3.8, 4) is 0 Å². The summed E-state index contributed by atoms with van der Waals surface area (Å²) in [6.45, 7) is 7.66. The van der Waals surface area contributed by atoms with Crippen molar-refractivity contribution in [1.29, 1.82) is 0 Å². The van der Waals surface area contributed by atoms with Crippen LogP contribution in [0.4, 0.5) is 0 Å². The summed E-state index contributed by atoms with van der Waals surface area (Å²) >= 11 is 1.55. The normalized spacial score (nSPS) is 22.9. The van der Waals surface area contributed by atoms with Crippen LogP contribution in [0.1, 0.15) is 68.1 Å². The second-order valence-corrected chi connectivity index (χ2v) is 10.6. The maximum absolute atomic E-state index is 13.2. The summed E-state index contributed by atoms with van der Waals surface area (Å²) in [5, 5.41) is 1.07. The molecule has 150 valence electrons. The van der Waals surface area contributed by atoms with Crippen molar-refractivity contribution in [1.82, 2.24) is 4.90 Å². The van der Waals surface area contributed by atoms with Gasteiger partial charge in [-0.1, -0.05) is 58.2 Å². The fourth-order valence-corrected chi connectivity index (χ4v) is 6.26. The molecule has 2 heterocycles. The summed E-state index contributed by atoms with van der Waals surface area (Å²) < 4.78 is 1.10. The molecule has 2 aromatic rings. The molecular weight excluding hydrogens is 366 g/mol. The Kier molecular flexibility index (Phi) is 5.34. The Balaban J connectivity index is 1.60. The second kappa shape index (κ2) is 7.62. The zero-order valence-electron chi connectivity index (χ0n) is 17.3. The van der Waals surface area contributed by atoms with E-state index in [9.17, 15) is 9.59 Å². The Bertz CT molecular complexity index is 892. The van der Waals surface area contributed by atoms with Crippen molar-refractivity contribution in [2.45, 2.75) is 59.3 Å². The molecule has 4 rings (SSSR count). The number of Topliss-reactive ketones (excluding diaryl/α,β-unsaturated/α-hetero) is 1. The molecule has 2 fully saturated rings. The average Bonchev–Trinajstić information content (AvgIpc) is 3.04. The van der Waals surface area contributed by atoms with Gasteiger partial charge in [-0.05, 0) is 41.7 Å². The predicted molar refractivity (Wildman–Crippen MR) is 116 cm³/mol. The van der Waals surface area contributed by atoms with Crippen LogP contribution in [0.3, 0.4) is 0 Å². The molecule has 3 nitrogen and oxygen atoms in total. The molecule has 1 amide bonds. The van der Waals surface area contributed by atoms with Crippen LogP contribution in [0.25, 0.3) is 10.1 Å². The number of rotatable bonds is 3. The van der Waals surface area contributed by atoms with Crippen molar-refractivity contribution in [3.05, 3.63) is 34.7 Å². The highest BCUT2D eigenvalue weighted by atomic mass is 32.1. The molecular formula is C24H31NO2S. The Labute approximate surface area is 172 Å². The smallest absolute Gasteiger partial charge is 0.227 e. The van der Waals surface area contributed by atoms with E-state index < -0.39 is 5.41 Å². The van der Waals surface area contributed by atoms with Crippen LogP contribution in [0.5, 0.6) is 0 Å². The van der Waals surface area contributed by atoms with E-state index in [0.717, 1.165) is 46.0 Å². The van der Waals surface area contributed by atoms with Gasteiger partial charge in [0.2, 0.25) is 5.91 Å². The van der Waals surface area contributed by atoms with Gasteiger partial charge in [-0.3, -0.25) is 9.59 Å². The Hall–Kier alpha value is -1.68. The maximum atomic E-state index is 13.2. The number of ketones is 1. The quantitative estimate of drug-likeness (QED) is 0.622. The molecule has 28 heavy (non-hydrogen) atoms. The van der Waals surface area contributed by atoms with Crippen LogP contribution in [0.2, 0.25) is 0 Å². The van der Waals surface area contributed by atoms with Gasteiger partial charge in [-0.15, -0.1) is 11.3 Å². The molecule has 1 aromatic heterocycles. The number of fused-ring (bicyclic) bond motifs is 2. The van der Waals surface area contributed by atoms with Gasteiger partial charge >= 0.3 is 0 Å². The highest BCUT2D eigenvalue weighted by Gasteiger charge is 2.34. The second-order valence-electron chi connectivity index (χ2n) is 9.59. The minimum Gasteiger partial charge on any atom is -0.342 e. The fourth-order valence-electron chi connectivity index (χ4n) is 4.89. The molecule has 0 unspecified atom stereocenters. The van der Waals surface area contributed by atoms with Gasteiger partial charge in [0.15, 0.2) is 5.78 Å². The fraction of sp³-hybridized carbons (Fsp3) is 0.583. The first-order chi connectivity index (χ1) is 13.3. The van der Waals surface area contributed by atoms with E-state index in [1.165, 1.54) is 25.7 Å². The van der Waals surface area contributed by atoms with Crippen LogP contribution in [-0.2, 0) is 11.2 Å². The minimum atomic E-state index is -0.445. The molecule has 0 spiro atoms. The van der Waals surface area contributed by atoms with Crippen LogP contribution in [-0.4, -0.2) is 29.7 Å². The van der Waals surface area contributed by atoms with Gasteiger partial charge < -0.3 is 4.90 Å². The van der Waals surface area contributed by atoms with Gasteiger partial charge in [-0.25, -0.2) is 0 Å². The van der Waals surface area contributed by atoms with E-state index in [-0.39, 0.29) is 11.7 Å². The van der Waals surface area contributed by atoms with Gasteiger partial charge in [0, 0.05) is 23.2 Å².